The summed E-state index contributed by atoms with van der Waals surface area (Å²) >= 11 is 0. The summed E-state index contributed by atoms with van der Waals surface area (Å²) in [5, 5.41) is 10.2. The van der Waals surface area contributed by atoms with Crippen molar-refractivity contribution in [2.24, 2.45) is 5.92 Å². The van der Waals surface area contributed by atoms with Crippen LogP contribution in [0.1, 0.15) is 80.6 Å². The van der Waals surface area contributed by atoms with Crippen molar-refractivity contribution in [3.05, 3.63) is 90.1 Å². The summed E-state index contributed by atoms with van der Waals surface area (Å²) in [4.78, 5) is 72.1. The summed E-state index contributed by atoms with van der Waals surface area (Å²) in [7, 11) is 0. The van der Waals surface area contributed by atoms with Gasteiger partial charge in [-0.1, -0.05) is 38.1 Å². The second-order valence-corrected chi connectivity index (χ2v) is 17.9. The maximum Gasteiger partial charge on any atom is 0.328 e. The molecule has 3 aliphatic rings. The van der Waals surface area contributed by atoms with Gasteiger partial charge in [-0.25, -0.2) is 24.7 Å². The fourth-order valence-corrected chi connectivity index (χ4v) is 8.74. The van der Waals surface area contributed by atoms with Gasteiger partial charge in [0.15, 0.2) is 5.82 Å². The van der Waals surface area contributed by atoms with Gasteiger partial charge in [0.05, 0.1) is 17.4 Å². The van der Waals surface area contributed by atoms with Crippen LogP contribution in [0.5, 0.6) is 0 Å². The number of aryl methyl sites for hydroxylation is 1. The van der Waals surface area contributed by atoms with Crippen molar-refractivity contribution >= 4 is 46.2 Å². The van der Waals surface area contributed by atoms with Crippen molar-refractivity contribution in [1.82, 2.24) is 50.6 Å². The Labute approximate surface area is 365 Å². The molecule has 0 unspecified atom stereocenters. The monoisotopic (exact) mass is 851 g/mol. The van der Waals surface area contributed by atoms with Crippen molar-refractivity contribution in [3.63, 3.8) is 0 Å². The van der Waals surface area contributed by atoms with E-state index in [1.807, 2.05) is 77.3 Å². The van der Waals surface area contributed by atoms with Crippen LogP contribution in [0.3, 0.4) is 0 Å². The number of anilines is 3. The normalized spacial score (nSPS) is 17.3. The highest BCUT2D eigenvalue weighted by atomic mass is 16.5. The summed E-state index contributed by atoms with van der Waals surface area (Å²) in [6, 6.07) is 15.6. The number of benzene rings is 2. The zero-order valence-electron chi connectivity index (χ0n) is 36.4. The van der Waals surface area contributed by atoms with Crippen LogP contribution in [-0.4, -0.2) is 110 Å². The maximum absolute atomic E-state index is 12.9. The molecule has 7 heterocycles. The van der Waals surface area contributed by atoms with E-state index in [1.54, 1.807) is 11.2 Å². The Morgan fingerprint density at radius 2 is 1.60 bits per heavy atom. The lowest BCUT2D eigenvalue weighted by Crippen LogP contribution is -2.49. The minimum absolute atomic E-state index is 0.0543. The molecule has 4 aromatic heterocycles. The number of imide groups is 1. The van der Waals surface area contributed by atoms with E-state index in [1.165, 1.54) is 5.69 Å². The fraction of sp³-hybridized carbons (Fsp3) is 0.413. The number of aromatic nitrogens is 7. The lowest BCUT2D eigenvalue weighted by molar-refractivity contribution is -0.120. The zero-order chi connectivity index (χ0) is 43.8. The van der Waals surface area contributed by atoms with E-state index >= 15 is 0 Å². The van der Waals surface area contributed by atoms with Gasteiger partial charge in [-0.2, -0.15) is 4.98 Å². The Bertz CT molecular complexity index is 2620. The molecule has 2 aromatic carbocycles. The van der Waals surface area contributed by atoms with Gasteiger partial charge in [-0.05, 0) is 80.1 Å². The van der Waals surface area contributed by atoms with E-state index in [9.17, 15) is 14.4 Å². The minimum Gasteiger partial charge on any atom is -0.372 e. The van der Waals surface area contributed by atoms with E-state index in [-0.39, 0.29) is 29.3 Å². The molecule has 0 aliphatic carbocycles. The summed E-state index contributed by atoms with van der Waals surface area (Å²) in [6.07, 6.45) is 7.89. The Kier molecular flexibility index (Phi) is 11.4. The van der Waals surface area contributed by atoms with E-state index in [4.69, 9.17) is 14.5 Å². The molecule has 9 rings (SSSR count). The van der Waals surface area contributed by atoms with Gasteiger partial charge in [0, 0.05) is 104 Å². The summed E-state index contributed by atoms with van der Waals surface area (Å²) in [5.74, 6) is 1.17. The number of H-pyrrole nitrogens is 1. The molecule has 0 spiro atoms. The van der Waals surface area contributed by atoms with Crippen LogP contribution in [0.25, 0.3) is 33.5 Å². The third-order valence-electron chi connectivity index (χ3n) is 12.4. The number of carbonyl (C=O) groups excluding carboxylic acids is 3. The van der Waals surface area contributed by atoms with Crippen molar-refractivity contribution in [2.45, 2.75) is 65.3 Å². The third-order valence-corrected chi connectivity index (χ3v) is 12.4. The SMILES string of the molecule is Cc1cc(-c2ncnc3[nH]c(-c4cnc(N5CCN(CC6CCN(c7ccc(N8CCC(=O)NC8=O)cc7)CC6)CC5)nc4)cc23)ccc1[C@@H](C)NC(=O)c1nc(C(C)(C)C)no1. The average Bonchev–Trinajstić information content (AvgIpc) is 3.97. The van der Waals surface area contributed by atoms with E-state index in [2.05, 4.69) is 68.6 Å². The molecule has 0 saturated carbocycles. The molecular weight excluding hydrogens is 799 g/mol. The molecule has 6 aromatic rings. The molecule has 17 heteroatoms. The Balaban J connectivity index is 0.768. The summed E-state index contributed by atoms with van der Waals surface area (Å²) in [5.41, 5.74) is 7.79. The summed E-state index contributed by atoms with van der Waals surface area (Å²) in [6.45, 7) is 17.0. The van der Waals surface area contributed by atoms with Gasteiger partial charge < -0.3 is 24.6 Å². The largest absolute Gasteiger partial charge is 0.372 e. The number of piperidine rings is 1. The van der Waals surface area contributed by atoms with Gasteiger partial charge in [0.2, 0.25) is 11.9 Å². The van der Waals surface area contributed by atoms with Crippen molar-refractivity contribution in [3.8, 4) is 22.5 Å². The van der Waals surface area contributed by atoms with E-state index < -0.39 is 5.91 Å². The minimum atomic E-state index is -0.416. The van der Waals surface area contributed by atoms with Crippen molar-refractivity contribution in [2.75, 3.05) is 67.1 Å². The third kappa shape index (κ3) is 8.96. The summed E-state index contributed by atoms with van der Waals surface area (Å²) < 4.78 is 5.24. The Hall–Kier alpha value is -6.75. The number of hydrogen-bond acceptors (Lipinski definition) is 13. The number of nitrogens with zero attached hydrogens (tertiary/aromatic N) is 10. The molecule has 3 saturated heterocycles. The van der Waals surface area contributed by atoms with Gasteiger partial charge in [0.25, 0.3) is 0 Å². The van der Waals surface area contributed by atoms with Crippen LogP contribution in [0, 0.1) is 12.8 Å². The molecule has 3 fully saturated rings. The number of piperazine rings is 1. The van der Waals surface area contributed by atoms with Crippen LogP contribution >= 0.6 is 0 Å². The molecule has 0 bridgehead atoms. The molecule has 3 N–H and O–H groups in total. The lowest BCUT2D eigenvalue weighted by atomic mass is 9.95. The highest BCUT2D eigenvalue weighted by Crippen LogP contribution is 2.33. The number of aromatic amines is 1. The van der Waals surface area contributed by atoms with Crippen molar-refractivity contribution < 1.29 is 18.9 Å². The van der Waals surface area contributed by atoms with E-state index in [0.29, 0.717) is 24.7 Å². The Morgan fingerprint density at radius 3 is 2.29 bits per heavy atom. The quantitative estimate of drug-likeness (QED) is 0.144. The van der Waals surface area contributed by atoms with Crippen LogP contribution < -0.4 is 25.3 Å². The predicted octanol–water partition coefficient (Wildman–Crippen LogP) is 6.05. The maximum atomic E-state index is 12.9. The molecule has 63 heavy (non-hydrogen) atoms. The topological polar surface area (TPSA) is 194 Å². The van der Waals surface area contributed by atoms with Gasteiger partial charge >= 0.3 is 17.8 Å². The molecule has 326 valence electrons. The predicted molar refractivity (Wildman–Crippen MR) is 240 cm³/mol. The number of urea groups is 1. The van der Waals surface area contributed by atoms with Crippen molar-refractivity contribution in [1.29, 1.82) is 0 Å². The molecular formula is C46H53N13O4. The van der Waals surface area contributed by atoms with Gasteiger partial charge in [-0.15, -0.1) is 0 Å². The highest BCUT2D eigenvalue weighted by Gasteiger charge is 2.28. The van der Waals surface area contributed by atoms with Crippen LogP contribution in [-0.2, 0) is 10.2 Å². The zero-order valence-corrected chi connectivity index (χ0v) is 36.4. The van der Waals surface area contributed by atoms with Crippen LogP contribution in [0.4, 0.5) is 22.1 Å². The second-order valence-electron chi connectivity index (χ2n) is 17.9. The average molecular weight is 852 g/mol. The number of carbonyl (C=O) groups is 3. The first kappa shape index (κ1) is 41.6. The number of hydrogen-bond donors (Lipinski definition) is 3. The first-order chi connectivity index (χ1) is 30.4. The number of fused-ring (bicyclic) bond motifs is 1. The number of nitrogens with one attached hydrogen (secondary N) is 3. The Morgan fingerprint density at radius 1 is 0.873 bits per heavy atom. The smallest absolute Gasteiger partial charge is 0.328 e. The standard InChI is InChI=1S/C46H53N13O4/c1-28-22-31(6-11-35(28)29(2)51-41(61)42-54-43(55-63-42)46(3,4)5)39-36-23-37(52-40(36)50-27-49-39)32-24-47-44(48-25-32)58-20-18-56(19-21-58)26-30-12-15-57(16-13-30)33-7-9-34(10-8-33)59-17-14-38(60)53-45(59)62/h6-11,22-25,27,29-30H,12-21,26H2,1-5H3,(H,51,61)(H,49,50,52)(H,53,60,62)/t29-/m1/s1. The molecule has 4 amide bonds. The first-order valence-electron chi connectivity index (χ1n) is 21.7. The van der Waals surface area contributed by atoms with Crippen LogP contribution in [0.15, 0.2) is 71.8 Å². The number of amides is 4. The lowest BCUT2D eigenvalue weighted by Gasteiger charge is -2.39. The van der Waals surface area contributed by atoms with Gasteiger partial charge in [0.1, 0.15) is 12.0 Å². The molecule has 0 radical (unpaired) electrons. The first-order valence-corrected chi connectivity index (χ1v) is 21.7. The molecule has 1 atom stereocenters. The highest BCUT2D eigenvalue weighted by molar-refractivity contribution is 6.05. The van der Waals surface area contributed by atoms with Gasteiger partial charge in [-0.3, -0.25) is 24.7 Å². The molecule has 17 nitrogen and oxygen atoms in total. The fourth-order valence-electron chi connectivity index (χ4n) is 8.74. The van der Waals surface area contributed by atoms with Crippen LogP contribution in [0.2, 0.25) is 0 Å². The second kappa shape index (κ2) is 17.2. The molecule has 3 aliphatic heterocycles. The number of rotatable bonds is 10. The van der Waals surface area contributed by atoms with E-state index in [0.717, 1.165) is 115 Å².